The van der Waals surface area contributed by atoms with E-state index in [2.05, 4.69) is 22.3 Å². The Morgan fingerprint density at radius 2 is 2.16 bits per heavy atom. The summed E-state index contributed by atoms with van der Waals surface area (Å²) in [6.07, 6.45) is 3.79. The van der Waals surface area contributed by atoms with Crippen LogP contribution in [0, 0.1) is 5.92 Å². The summed E-state index contributed by atoms with van der Waals surface area (Å²) in [6, 6.07) is 14.0. The van der Waals surface area contributed by atoms with E-state index in [0.29, 0.717) is 30.2 Å². The lowest BCUT2D eigenvalue weighted by Crippen LogP contribution is -2.56. The molecule has 0 saturated carbocycles. The van der Waals surface area contributed by atoms with E-state index in [9.17, 15) is 4.79 Å². The van der Waals surface area contributed by atoms with Crippen LogP contribution in [0.2, 0.25) is 0 Å². The van der Waals surface area contributed by atoms with Crippen molar-refractivity contribution >= 4 is 5.91 Å². The molecule has 1 aromatic carbocycles. The summed E-state index contributed by atoms with van der Waals surface area (Å²) >= 11 is 0. The van der Waals surface area contributed by atoms with Gasteiger partial charge in [-0.2, -0.15) is 5.10 Å². The van der Waals surface area contributed by atoms with Gasteiger partial charge in [-0.3, -0.25) is 14.4 Å². The molecule has 0 aliphatic carbocycles. The van der Waals surface area contributed by atoms with Crippen LogP contribution < -0.4 is 10.1 Å². The number of aromatic nitrogens is 2. The Labute approximate surface area is 182 Å². The molecule has 3 fully saturated rings. The molecule has 3 aliphatic heterocycles. The lowest BCUT2D eigenvalue weighted by molar-refractivity contribution is 0.0278. The van der Waals surface area contributed by atoms with Gasteiger partial charge in [0.05, 0.1) is 19.1 Å². The largest absolute Gasteiger partial charge is 0.496 e. The summed E-state index contributed by atoms with van der Waals surface area (Å²) in [5, 5.41) is 7.84. The van der Waals surface area contributed by atoms with Gasteiger partial charge in [0.2, 0.25) is 0 Å². The number of carbonyl (C=O) groups excluding carboxylic acids is 1. The smallest absolute Gasteiger partial charge is 0.287 e. The number of amides is 1. The number of ether oxygens (including phenoxy) is 1. The third kappa shape index (κ3) is 3.74. The molecule has 31 heavy (non-hydrogen) atoms. The molecule has 0 radical (unpaired) electrons. The second-order valence-electron chi connectivity index (χ2n) is 8.51. The molecular weight excluding hydrogens is 392 g/mol. The predicted molar refractivity (Wildman–Crippen MR) is 117 cm³/mol. The topological polar surface area (TPSA) is 72.5 Å². The second-order valence-corrected chi connectivity index (χ2v) is 8.51. The van der Waals surface area contributed by atoms with E-state index < -0.39 is 0 Å². The number of nitrogens with one attached hydrogen (secondary N) is 1. The maximum absolute atomic E-state index is 12.2. The molecule has 1 amide bonds. The Morgan fingerprint density at radius 3 is 2.90 bits per heavy atom. The Bertz CT molecular complexity index is 1060. The third-order valence-corrected chi connectivity index (χ3v) is 6.80. The van der Waals surface area contributed by atoms with Gasteiger partial charge in [0.15, 0.2) is 5.76 Å². The fourth-order valence-corrected chi connectivity index (χ4v) is 5.21. The van der Waals surface area contributed by atoms with E-state index in [1.807, 2.05) is 29.9 Å². The zero-order valence-electron chi connectivity index (χ0n) is 18.0. The minimum Gasteiger partial charge on any atom is -0.496 e. The molecular formula is C24H28N4O3. The number of methoxy groups -OCH3 is 1. The Hall–Kier alpha value is -3.06. The number of hydrogen-bond donors (Lipinski definition) is 1. The van der Waals surface area contributed by atoms with Crippen molar-refractivity contribution in [1.29, 1.82) is 0 Å². The molecule has 5 heterocycles. The number of furan rings is 1. The minimum absolute atomic E-state index is 0.141. The van der Waals surface area contributed by atoms with Crippen LogP contribution in [-0.2, 0) is 7.05 Å². The van der Waals surface area contributed by atoms with Crippen molar-refractivity contribution < 1.29 is 13.9 Å². The van der Waals surface area contributed by atoms with Crippen LogP contribution in [0.1, 0.15) is 35.0 Å². The van der Waals surface area contributed by atoms with E-state index in [4.69, 9.17) is 14.3 Å². The zero-order chi connectivity index (χ0) is 21.4. The van der Waals surface area contributed by atoms with Crippen LogP contribution >= 0.6 is 0 Å². The average molecular weight is 421 g/mol. The monoisotopic (exact) mass is 420 g/mol. The number of nitrogens with zero attached hydrogens (tertiary/aromatic N) is 3. The number of rotatable bonds is 6. The number of para-hydroxylation sites is 1. The summed E-state index contributed by atoms with van der Waals surface area (Å²) in [5.74, 6) is 2.11. The van der Waals surface area contributed by atoms with Gasteiger partial charge in [0.1, 0.15) is 5.75 Å². The highest BCUT2D eigenvalue weighted by atomic mass is 16.5. The number of piperidine rings is 3. The molecule has 0 spiro atoms. The van der Waals surface area contributed by atoms with E-state index in [0.717, 1.165) is 36.5 Å². The number of fused-ring (bicyclic) bond motifs is 3. The highest BCUT2D eigenvalue weighted by Gasteiger charge is 2.42. The Balaban J connectivity index is 1.29. The van der Waals surface area contributed by atoms with Gasteiger partial charge in [-0.25, -0.2) is 0 Å². The molecule has 6 rings (SSSR count). The molecule has 1 unspecified atom stereocenters. The summed E-state index contributed by atoms with van der Waals surface area (Å²) in [5.41, 5.74) is 3.24. The molecule has 3 aliphatic rings. The van der Waals surface area contributed by atoms with Crippen molar-refractivity contribution in [3.8, 4) is 17.0 Å². The molecule has 3 saturated heterocycles. The lowest BCUT2D eigenvalue weighted by Gasteiger charge is -2.49. The number of aryl methyl sites for hydroxylation is 1. The van der Waals surface area contributed by atoms with Gasteiger partial charge in [0.25, 0.3) is 5.91 Å². The lowest BCUT2D eigenvalue weighted by atomic mass is 9.74. The maximum atomic E-state index is 12.2. The summed E-state index contributed by atoms with van der Waals surface area (Å²) in [4.78, 5) is 14.7. The third-order valence-electron chi connectivity index (χ3n) is 6.80. The molecule has 1 N–H and O–H groups in total. The van der Waals surface area contributed by atoms with Gasteiger partial charge in [-0.05, 0) is 55.6 Å². The predicted octanol–water partition coefficient (Wildman–Crippen LogP) is 3.30. The van der Waals surface area contributed by atoms with Crippen LogP contribution in [0.3, 0.4) is 0 Å². The molecule has 2 bridgehead atoms. The minimum atomic E-state index is -0.141. The maximum Gasteiger partial charge on any atom is 0.287 e. The van der Waals surface area contributed by atoms with E-state index in [1.54, 1.807) is 19.2 Å². The summed E-state index contributed by atoms with van der Waals surface area (Å²) < 4.78 is 12.8. The molecule has 2 aromatic heterocycles. The molecule has 7 heteroatoms. The quantitative estimate of drug-likeness (QED) is 0.663. The molecule has 3 aromatic rings. The van der Waals surface area contributed by atoms with Crippen LogP contribution in [-0.4, -0.2) is 53.4 Å². The van der Waals surface area contributed by atoms with Crippen LogP contribution in [0.4, 0.5) is 0 Å². The fraction of sp³-hybridized carbons (Fsp3) is 0.417. The van der Waals surface area contributed by atoms with Gasteiger partial charge in [-0.1, -0.05) is 12.1 Å². The normalized spacial score (nSPS) is 24.8. The first-order valence-electron chi connectivity index (χ1n) is 10.9. The first-order valence-corrected chi connectivity index (χ1v) is 10.9. The summed E-state index contributed by atoms with van der Waals surface area (Å²) in [7, 11) is 3.73. The first-order chi connectivity index (χ1) is 15.1. The SMILES string of the molecule is COc1ccccc1-c1cc([C@H]2CN3CC[C@H]2C[C@@H]3CNC(=O)c2ccco2)n(C)n1. The van der Waals surface area contributed by atoms with Crippen molar-refractivity contribution in [2.24, 2.45) is 13.0 Å². The number of carbonyl (C=O) groups is 1. The highest BCUT2D eigenvalue weighted by Crippen LogP contribution is 2.42. The Morgan fingerprint density at radius 1 is 1.29 bits per heavy atom. The van der Waals surface area contributed by atoms with Crippen molar-refractivity contribution in [2.75, 3.05) is 26.7 Å². The van der Waals surface area contributed by atoms with Crippen molar-refractivity contribution in [3.63, 3.8) is 0 Å². The van der Waals surface area contributed by atoms with Gasteiger partial charge in [-0.15, -0.1) is 0 Å². The van der Waals surface area contributed by atoms with Crippen LogP contribution in [0.5, 0.6) is 5.75 Å². The van der Waals surface area contributed by atoms with E-state index in [1.165, 1.54) is 18.4 Å². The highest BCUT2D eigenvalue weighted by molar-refractivity contribution is 5.91. The second kappa shape index (κ2) is 8.23. The average Bonchev–Trinajstić information content (AvgIpc) is 3.48. The first kappa shape index (κ1) is 19.9. The Kier molecular flexibility index (Phi) is 5.28. The van der Waals surface area contributed by atoms with E-state index in [-0.39, 0.29) is 5.91 Å². The molecule has 7 nitrogen and oxygen atoms in total. The number of benzene rings is 1. The van der Waals surface area contributed by atoms with E-state index >= 15 is 0 Å². The van der Waals surface area contributed by atoms with Gasteiger partial charge >= 0.3 is 0 Å². The zero-order valence-corrected chi connectivity index (χ0v) is 18.0. The standard InChI is InChI=1S/C24H28N4O3/c1-27-21(13-20(26-27)18-6-3-4-7-22(18)30-2)19-15-28-10-9-16(19)12-17(28)14-25-24(29)23-8-5-11-31-23/h3-8,11,13,16-17,19H,9-10,12,14-15H2,1-2H3,(H,25,29)/t16-,17+,19-/m0/s1. The van der Waals surface area contributed by atoms with Gasteiger partial charge < -0.3 is 14.5 Å². The van der Waals surface area contributed by atoms with Crippen LogP contribution in [0.25, 0.3) is 11.3 Å². The summed E-state index contributed by atoms with van der Waals surface area (Å²) in [6.45, 7) is 2.73. The fourth-order valence-electron chi connectivity index (χ4n) is 5.21. The number of hydrogen-bond acceptors (Lipinski definition) is 5. The van der Waals surface area contributed by atoms with Crippen LogP contribution in [0.15, 0.2) is 53.1 Å². The molecule has 4 atom stereocenters. The van der Waals surface area contributed by atoms with Crippen molar-refractivity contribution in [1.82, 2.24) is 20.0 Å². The van der Waals surface area contributed by atoms with Crippen molar-refractivity contribution in [2.45, 2.75) is 24.8 Å². The molecule has 162 valence electrons. The van der Waals surface area contributed by atoms with Crippen molar-refractivity contribution in [3.05, 3.63) is 60.2 Å². The van der Waals surface area contributed by atoms with Gasteiger partial charge in [0, 0.05) is 43.4 Å².